The van der Waals surface area contributed by atoms with Gasteiger partial charge in [0.25, 0.3) is 5.91 Å². The summed E-state index contributed by atoms with van der Waals surface area (Å²) in [5, 5.41) is 0. The molecular formula is C25H30N2O6S. The summed E-state index contributed by atoms with van der Waals surface area (Å²) in [6.07, 6.45) is 2.32. The molecule has 1 aliphatic rings. The van der Waals surface area contributed by atoms with E-state index in [0.717, 1.165) is 12.8 Å². The first-order valence-electron chi connectivity index (χ1n) is 11.3. The Morgan fingerprint density at radius 2 is 1.62 bits per heavy atom. The molecule has 0 saturated heterocycles. The third-order valence-corrected chi connectivity index (χ3v) is 7.01. The number of carbonyl (C=O) groups is 3. The van der Waals surface area contributed by atoms with Crippen LogP contribution >= 0.6 is 0 Å². The number of hydrogen-bond donors (Lipinski definition) is 1. The van der Waals surface area contributed by atoms with Crippen LogP contribution in [-0.4, -0.2) is 50.7 Å². The lowest BCUT2D eigenvalue weighted by atomic mass is 10.1. The summed E-state index contributed by atoms with van der Waals surface area (Å²) < 4.78 is 32.6. The minimum atomic E-state index is -3.75. The molecule has 2 aromatic rings. The number of Topliss-reactive ketones (excluding diaryl/α,β-unsaturated/α-hetero) is 1. The molecule has 2 aromatic carbocycles. The Hall–Kier alpha value is -3.04. The van der Waals surface area contributed by atoms with Gasteiger partial charge >= 0.3 is 5.97 Å². The van der Waals surface area contributed by atoms with Crippen molar-refractivity contribution in [2.75, 3.05) is 19.7 Å². The van der Waals surface area contributed by atoms with Crippen LogP contribution in [0.1, 0.15) is 59.4 Å². The van der Waals surface area contributed by atoms with Gasteiger partial charge in [-0.05, 0) is 62.4 Å². The second kappa shape index (κ2) is 11.4. The summed E-state index contributed by atoms with van der Waals surface area (Å²) in [4.78, 5) is 37.9. The molecule has 0 aliphatic heterocycles. The van der Waals surface area contributed by atoms with E-state index in [2.05, 4.69) is 4.72 Å². The Bertz CT molecular complexity index is 1120. The molecule has 1 N–H and O–H groups in total. The number of hydrogen-bond acceptors (Lipinski definition) is 6. The van der Waals surface area contributed by atoms with Crippen molar-refractivity contribution < 1.29 is 27.5 Å². The first-order chi connectivity index (χ1) is 16.2. The number of nitrogens with one attached hydrogen (secondary N) is 1. The van der Waals surface area contributed by atoms with Crippen LogP contribution in [0.25, 0.3) is 0 Å². The number of amides is 1. The molecule has 182 valence electrons. The summed E-state index contributed by atoms with van der Waals surface area (Å²) in [6.45, 7) is 4.45. The molecular weight excluding hydrogens is 456 g/mol. The number of ether oxygens (including phenoxy) is 1. The van der Waals surface area contributed by atoms with Crippen molar-refractivity contribution in [2.24, 2.45) is 5.92 Å². The van der Waals surface area contributed by atoms with Gasteiger partial charge in [0.15, 0.2) is 5.78 Å². The maximum Gasteiger partial charge on any atom is 0.307 e. The van der Waals surface area contributed by atoms with Crippen molar-refractivity contribution in [3.63, 3.8) is 0 Å². The van der Waals surface area contributed by atoms with Crippen LogP contribution in [-0.2, 0) is 26.1 Å². The van der Waals surface area contributed by atoms with Crippen LogP contribution in [0.15, 0.2) is 53.4 Å². The molecule has 0 heterocycles. The lowest BCUT2D eigenvalue weighted by Gasteiger charge is -2.22. The second-order valence-corrected chi connectivity index (χ2v) is 10.1. The number of nitrogens with zero attached hydrogens (tertiary/aromatic N) is 1. The molecule has 1 amide bonds. The highest BCUT2D eigenvalue weighted by atomic mass is 32.2. The quantitative estimate of drug-likeness (QED) is 0.365. The van der Waals surface area contributed by atoms with Crippen LogP contribution in [0.3, 0.4) is 0 Å². The van der Waals surface area contributed by atoms with E-state index >= 15 is 0 Å². The highest BCUT2D eigenvalue weighted by molar-refractivity contribution is 7.89. The first kappa shape index (κ1) is 25.6. The summed E-state index contributed by atoms with van der Waals surface area (Å²) in [7, 11) is -3.75. The molecule has 0 radical (unpaired) electrons. The van der Waals surface area contributed by atoms with Crippen molar-refractivity contribution in [1.29, 1.82) is 0 Å². The Morgan fingerprint density at radius 1 is 1.00 bits per heavy atom. The smallest absolute Gasteiger partial charge is 0.307 e. The van der Waals surface area contributed by atoms with E-state index in [1.807, 2.05) is 0 Å². The molecule has 3 rings (SSSR count). The zero-order valence-electron chi connectivity index (χ0n) is 19.5. The third kappa shape index (κ3) is 7.23. The van der Waals surface area contributed by atoms with Crippen molar-refractivity contribution in [1.82, 2.24) is 9.62 Å². The molecule has 1 aliphatic carbocycles. The molecule has 34 heavy (non-hydrogen) atoms. The normalized spacial score (nSPS) is 13.4. The van der Waals surface area contributed by atoms with Gasteiger partial charge in [0.1, 0.15) is 0 Å². The molecule has 9 heteroatoms. The molecule has 0 aromatic heterocycles. The molecule has 0 atom stereocenters. The second-order valence-electron chi connectivity index (χ2n) is 8.35. The molecule has 1 fully saturated rings. The standard InChI is InChI=1S/C25H30N2O6S/c1-3-33-24(29)14-15-27(17-20-4-5-20)25(30)22-8-6-19(7-9-22)16-26-34(31,32)23-12-10-21(11-13-23)18(2)28/h6-13,20,26H,3-5,14-17H2,1-2H3. The number of benzene rings is 2. The van der Waals surface area contributed by atoms with Crippen LogP contribution in [0.5, 0.6) is 0 Å². The van der Waals surface area contributed by atoms with Crippen molar-refractivity contribution in [2.45, 2.75) is 44.6 Å². The topological polar surface area (TPSA) is 110 Å². The molecule has 1 saturated carbocycles. The summed E-state index contributed by atoms with van der Waals surface area (Å²) in [6, 6.07) is 12.5. The van der Waals surface area contributed by atoms with Crippen LogP contribution in [0.4, 0.5) is 0 Å². The minimum absolute atomic E-state index is 0.0555. The van der Waals surface area contributed by atoms with Crippen molar-refractivity contribution >= 4 is 27.7 Å². The van der Waals surface area contributed by atoms with Gasteiger partial charge in [0, 0.05) is 30.8 Å². The Balaban J connectivity index is 1.60. The summed E-state index contributed by atoms with van der Waals surface area (Å²) in [5.41, 5.74) is 1.62. The van der Waals surface area contributed by atoms with Crippen molar-refractivity contribution in [3.8, 4) is 0 Å². The molecule has 0 spiro atoms. The molecule has 8 nitrogen and oxygen atoms in total. The van der Waals surface area contributed by atoms with E-state index in [0.29, 0.717) is 42.3 Å². The maximum absolute atomic E-state index is 13.0. The average molecular weight is 487 g/mol. The highest BCUT2D eigenvalue weighted by Gasteiger charge is 2.27. The van der Waals surface area contributed by atoms with Gasteiger partial charge in [-0.1, -0.05) is 24.3 Å². The van der Waals surface area contributed by atoms with Gasteiger partial charge in [0.05, 0.1) is 17.9 Å². The van der Waals surface area contributed by atoms with Gasteiger partial charge in [0.2, 0.25) is 10.0 Å². The van der Waals surface area contributed by atoms with E-state index in [4.69, 9.17) is 4.74 Å². The molecule has 0 bridgehead atoms. The Kier molecular flexibility index (Phi) is 8.57. The monoisotopic (exact) mass is 486 g/mol. The van der Waals surface area contributed by atoms with Gasteiger partial charge < -0.3 is 9.64 Å². The van der Waals surface area contributed by atoms with E-state index in [1.165, 1.54) is 31.2 Å². The number of esters is 1. The van der Waals surface area contributed by atoms with Crippen LogP contribution in [0.2, 0.25) is 0 Å². The van der Waals surface area contributed by atoms with Crippen LogP contribution < -0.4 is 4.72 Å². The van der Waals surface area contributed by atoms with E-state index < -0.39 is 10.0 Å². The highest BCUT2D eigenvalue weighted by Crippen LogP contribution is 2.30. The van der Waals surface area contributed by atoms with Gasteiger partial charge in [-0.3, -0.25) is 14.4 Å². The number of rotatable bonds is 12. The number of carbonyl (C=O) groups excluding carboxylic acids is 3. The Morgan fingerprint density at radius 3 is 2.18 bits per heavy atom. The van der Waals surface area contributed by atoms with Crippen molar-refractivity contribution in [3.05, 3.63) is 65.2 Å². The first-order valence-corrected chi connectivity index (χ1v) is 12.8. The average Bonchev–Trinajstić information content (AvgIpc) is 3.65. The van der Waals surface area contributed by atoms with Crippen LogP contribution in [0, 0.1) is 5.92 Å². The van der Waals surface area contributed by atoms with Gasteiger partial charge in [-0.2, -0.15) is 0 Å². The Labute approximate surface area is 200 Å². The lowest BCUT2D eigenvalue weighted by molar-refractivity contribution is -0.143. The van der Waals surface area contributed by atoms with E-state index in [1.54, 1.807) is 36.1 Å². The zero-order chi connectivity index (χ0) is 24.7. The summed E-state index contributed by atoms with van der Waals surface area (Å²) in [5.74, 6) is -0.143. The van der Waals surface area contributed by atoms with E-state index in [-0.39, 0.29) is 35.5 Å². The maximum atomic E-state index is 13.0. The fourth-order valence-electron chi connectivity index (χ4n) is 3.43. The fourth-order valence-corrected chi connectivity index (χ4v) is 4.44. The van der Waals surface area contributed by atoms with Gasteiger partial charge in [-0.15, -0.1) is 0 Å². The fraction of sp³-hybridized carbons (Fsp3) is 0.400. The van der Waals surface area contributed by atoms with E-state index in [9.17, 15) is 22.8 Å². The largest absolute Gasteiger partial charge is 0.466 e. The zero-order valence-corrected chi connectivity index (χ0v) is 20.3. The lowest BCUT2D eigenvalue weighted by Crippen LogP contribution is -2.35. The summed E-state index contributed by atoms with van der Waals surface area (Å²) >= 11 is 0. The van der Waals surface area contributed by atoms with Gasteiger partial charge in [-0.25, -0.2) is 13.1 Å². The predicted octanol–water partition coefficient (Wildman–Crippen LogP) is 3.17. The SMILES string of the molecule is CCOC(=O)CCN(CC1CC1)C(=O)c1ccc(CNS(=O)(=O)c2ccc(C(C)=O)cc2)cc1. The third-order valence-electron chi connectivity index (χ3n) is 5.59. The number of ketones is 1. The predicted molar refractivity (Wildman–Crippen MR) is 127 cm³/mol. The molecule has 0 unspecified atom stereocenters. The number of sulfonamides is 1. The minimum Gasteiger partial charge on any atom is -0.466 e.